The van der Waals surface area contributed by atoms with E-state index >= 15 is 0 Å². The van der Waals surface area contributed by atoms with Crippen molar-refractivity contribution in [3.63, 3.8) is 0 Å². The van der Waals surface area contributed by atoms with Gasteiger partial charge in [-0.3, -0.25) is 4.79 Å². The van der Waals surface area contributed by atoms with Crippen molar-refractivity contribution < 1.29 is 4.79 Å². The summed E-state index contributed by atoms with van der Waals surface area (Å²) in [6.45, 7) is 1.78. The third kappa shape index (κ3) is 3.10. The van der Waals surface area contributed by atoms with Gasteiger partial charge < -0.3 is 10.6 Å². The number of carbonyl (C=O) groups is 1. The molecule has 3 nitrogen and oxygen atoms in total. The molecule has 1 amide bonds. The minimum absolute atomic E-state index is 0. The number of aryl methyl sites for hydroxylation is 1. The average Bonchev–Trinajstić information content (AvgIpc) is 2.93. The summed E-state index contributed by atoms with van der Waals surface area (Å²) < 4.78 is 0. The first-order valence-electron chi connectivity index (χ1n) is 6.97. The highest BCUT2D eigenvalue weighted by molar-refractivity contribution is 5.93. The van der Waals surface area contributed by atoms with Crippen LogP contribution in [0.4, 0.5) is 5.69 Å². The quantitative estimate of drug-likeness (QED) is 0.874. The fraction of sp³-hybridized carbons (Fsp3) is 0.533. The number of fused-ring (bicyclic) bond motifs is 1. The monoisotopic (exact) mass is 280 g/mol. The van der Waals surface area contributed by atoms with E-state index in [9.17, 15) is 4.79 Å². The molecule has 1 saturated heterocycles. The Labute approximate surface area is 120 Å². The molecule has 2 N–H and O–H groups in total. The number of anilines is 1. The van der Waals surface area contributed by atoms with Gasteiger partial charge in [-0.1, -0.05) is 12.1 Å². The van der Waals surface area contributed by atoms with E-state index in [4.69, 9.17) is 0 Å². The lowest BCUT2D eigenvalue weighted by molar-refractivity contribution is -0.119. The Kier molecular flexibility index (Phi) is 4.83. The van der Waals surface area contributed by atoms with Gasteiger partial charge in [0.15, 0.2) is 0 Å². The van der Waals surface area contributed by atoms with Crippen LogP contribution in [0.2, 0.25) is 0 Å². The average molecular weight is 281 g/mol. The van der Waals surface area contributed by atoms with E-state index in [-0.39, 0.29) is 24.2 Å². The molecule has 104 valence electrons. The van der Waals surface area contributed by atoms with Crippen LogP contribution in [-0.4, -0.2) is 19.0 Å². The molecular weight excluding hydrogens is 260 g/mol. The SMILES string of the molecule is Cl.O=C(Nc1cccc2c1CCCC2)C1CCNC1. The number of hydrogen-bond donors (Lipinski definition) is 2. The lowest BCUT2D eigenvalue weighted by atomic mass is 9.90. The van der Waals surface area contributed by atoms with E-state index in [0.29, 0.717) is 0 Å². The highest BCUT2D eigenvalue weighted by atomic mass is 35.5. The number of hydrogen-bond acceptors (Lipinski definition) is 2. The molecule has 1 aliphatic heterocycles. The maximum atomic E-state index is 12.1. The first-order chi connectivity index (χ1) is 8.84. The Balaban J connectivity index is 0.00000133. The zero-order valence-corrected chi connectivity index (χ0v) is 11.9. The summed E-state index contributed by atoms with van der Waals surface area (Å²) in [6, 6.07) is 6.30. The number of nitrogens with one attached hydrogen (secondary N) is 2. The maximum absolute atomic E-state index is 12.1. The third-order valence-electron chi connectivity index (χ3n) is 4.08. The zero-order chi connectivity index (χ0) is 12.4. The predicted molar refractivity (Wildman–Crippen MR) is 79.9 cm³/mol. The standard InChI is InChI=1S/C15H20N2O.ClH/c18-15(12-8-9-16-10-12)17-14-7-3-5-11-4-1-2-6-13(11)14;/h3,5,7,12,16H,1-2,4,6,8-10H2,(H,17,18);1H. The van der Waals surface area contributed by atoms with Gasteiger partial charge in [-0.05, 0) is 55.8 Å². The van der Waals surface area contributed by atoms with E-state index in [1.807, 2.05) is 6.07 Å². The Hall–Kier alpha value is -1.06. The van der Waals surface area contributed by atoms with Crippen molar-refractivity contribution in [1.29, 1.82) is 0 Å². The topological polar surface area (TPSA) is 41.1 Å². The molecule has 1 fully saturated rings. The highest BCUT2D eigenvalue weighted by Crippen LogP contribution is 2.28. The van der Waals surface area contributed by atoms with Gasteiger partial charge in [0, 0.05) is 12.2 Å². The molecule has 1 aromatic rings. The smallest absolute Gasteiger partial charge is 0.228 e. The highest BCUT2D eigenvalue weighted by Gasteiger charge is 2.23. The van der Waals surface area contributed by atoms with Crippen molar-refractivity contribution in [2.24, 2.45) is 5.92 Å². The van der Waals surface area contributed by atoms with E-state index in [1.54, 1.807) is 0 Å². The number of halogens is 1. The van der Waals surface area contributed by atoms with Crippen molar-refractivity contribution in [2.45, 2.75) is 32.1 Å². The first kappa shape index (κ1) is 14.4. The molecule has 19 heavy (non-hydrogen) atoms. The minimum atomic E-state index is 0. The fourth-order valence-electron chi connectivity index (χ4n) is 3.01. The third-order valence-corrected chi connectivity index (χ3v) is 4.08. The second-order valence-electron chi connectivity index (χ2n) is 5.33. The molecule has 0 bridgehead atoms. The number of rotatable bonds is 2. The van der Waals surface area contributed by atoms with Crippen LogP contribution in [0.25, 0.3) is 0 Å². The molecule has 3 rings (SSSR count). The summed E-state index contributed by atoms with van der Waals surface area (Å²) in [6.07, 6.45) is 5.74. The molecule has 1 unspecified atom stereocenters. The number of benzene rings is 1. The van der Waals surface area contributed by atoms with Crippen LogP contribution < -0.4 is 10.6 Å². The van der Waals surface area contributed by atoms with Gasteiger partial charge in [0.2, 0.25) is 5.91 Å². The van der Waals surface area contributed by atoms with Crippen LogP contribution in [-0.2, 0) is 17.6 Å². The molecule has 1 aliphatic carbocycles. The largest absolute Gasteiger partial charge is 0.326 e. The molecule has 0 aromatic heterocycles. The minimum Gasteiger partial charge on any atom is -0.326 e. The molecule has 1 aromatic carbocycles. The summed E-state index contributed by atoms with van der Waals surface area (Å²) >= 11 is 0. The van der Waals surface area contributed by atoms with Crippen LogP contribution in [0.3, 0.4) is 0 Å². The van der Waals surface area contributed by atoms with Crippen LogP contribution in [0.15, 0.2) is 18.2 Å². The lowest BCUT2D eigenvalue weighted by Crippen LogP contribution is -2.25. The first-order valence-corrected chi connectivity index (χ1v) is 6.97. The van der Waals surface area contributed by atoms with Crippen LogP contribution in [0, 0.1) is 5.92 Å². The summed E-state index contributed by atoms with van der Waals surface area (Å²) in [5.41, 5.74) is 3.83. The normalized spacial score (nSPS) is 21.4. The maximum Gasteiger partial charge on any atom is 0.228 e. The Morgan fingerprint density at radius 2 is 2.11 bits per heavy atom. The number of carbonyl (C=O) groups excluding carboxylic acids is 1. The molecule has 2 aliphatic rings. The van der Waals surface area contributed by atoms with Gasteiger partial charge in [0.05, 0.1) is 5.92 Å². The number of amides is 1. The van der Waals surface area contributed by atoms with Crippen molar-refractivity contribution in [2.75, 3.05) is 18.4 Å². The van der Waals surface area contributed by atoms with Crippen molar-refractivity contribution in [3.05, 3.63) is 29.3 Å². The van der Waals surface area contributed by atoms with Crippen LogP contribution >= 0.6 is 12.4 Å². The van der Waals surface area contributed by atoms with Crippen LogP contribution in [0.5, 0.6) is 0 Å². The van der Waals surface area contributed by atoms with Crippen LogP contribution in [0.1, 0.15) is 30.4 Å². The predicted octanol–water partition coefficient (Wildman–Crippen LogP) is 2.54. The Morgan fingerprint density at radius 3 is 2.89 bits per heavy atom. The van der Waals surface area contributed by atoms with E-state index < -0.39 is 0 Å². The summed E-state index contributed by atoms with van der Waals surface area (Å²) in [5.74, 6) is 0.323. The van der Waals surface area contributed by atoms with E-state index in [2.05, 4.69) is 22.8 Å². The molecule has 1 atom stereocenters. The van der Waals surface area contributed by atoms with Crippen molar-refractivity contribution in [1.82, 2.24) is 5.32 Å². The molecule has 4 heteroatoms. The van der Waals surface area contributed by atoms with Gasteiger partial charge in [-0.25, -0.2) is 0 Å². The summed E-state index contributed by atoms with van der Waals surface area (Å²) in [4.78, 5) is 12.1. The lowest BCUT2D eigenvalue weighted by Gasteiger charge is -2.20. The Morgan fingerprint density at radius 1 is 1.26 bits per heavy atom. The summed E-state index contributed by atoms with van der Waals surface area (Å²) in [7, 11) is 0. The van der Waals surface area contributed by atoms with Gasteiger partial charge in [-0.15, -0.1) is 12.4 Å². The molecule has 0 saturated carbocycles. The molecule has 1 heterocycles. The van der Waals surface area contributed by atoms with E-state index in [0.717, 1.165) is 38.0 Å². The van der Waals surface area contributed by atoms with Gasteiger partial charge >= 0.3 is 0 Å². The Bertz CT molecular complexity index is 455. The molecule has 0 spiro atoms. The molecule has 0 radical (unpaired) electrons. The van der Waals surface area contributed by atoms with Gasteiger partial charge in [0.1, 0.15) is 0 Å². The zero-order valence-electron chi connectivity index (χ0n) is 11.1. The summed E-state index contributed by atoms with van der Waals surface area (Å²) in [5, 5.41) is 6.37. The van der Waals surface area contributed by atoms with Crippen molar-refractivity contribution in [3.8, 4) is 0 Å². The van der Waals surface area contributed by atoms with Crippen molar-refractivity contribution >= 4 is 24.0 Å². The second-order valence-corrected chi connectivity index (χ2v) is 5.33. The van der Waals surface area contributed by atoms with Gasteiger partial charge in [0.25, 0.3) is 0 Å². The molecular formula is C15H21ClN2O. The van der Waals surface area contributed by atoms with Gasteiger partial charge in [-0.2, -0.15) is 0 Å². The van der Waals surface area contributed by atoms with E-state index in [1.165, 1.54) is 24.0 Å². The fourth-order valence-corrected chi connectivity index (χ4v) is 3.01. The second kappa shape index (κ2) is 6.40.